The molecule has 5 heteroatoms. The lowest BCUT2D eigenvalue weighted by molar-refractivity contribution is -0.141. The molecule has 1 amide bonds. The molecule has 0 aliphatic heterocycles. The van der Waals surface area contributed by atoms with Crippen LogP contribution in [-0.4, -0.2) is 30.1 Å². The van der Waals surface area contributed by atoms with Gasteiger partial charge < -0.3 is 15.2 Å². The summed E-state index contributed by atoms with van der Waals surface area (Å²) in [7, 11) is 0. The predicted molar refractivity (Wildman–Crippen MR) is 71.1 cm³/mol. The van der Waals surface area contributed by atoms with Crippen molar-refractivity contribution in [1.29, 1.82) is 0 Å². The van der Waals surface area contributed by atoms with E-state index in [4.69, 9.17) is 9.84 Å². The summed E-state index contributed by atoms with van der Waals surface area (Å²) >= 11 is 0. The van der Waals surface area contributed by atoms with E-state index < -0.39 is 11.9 Å². The van der Waals surface area contributed by atoms with E-state index in [2.05, 4.69) is 5.32 Å². The molecule has 0 saturated heterocycles. The number of amides is 1. The van der Waals surface area contributed by atoms with E-state index in [1.165, 1.54) is 0 Å². The molecule has 0 aromatic heterocycles. The molecule has 1 unspecified atom stereocenters. The van der Waals surface area contributed by atoms with Crippen LogP contribution >= 0.6 is 0 Å². The summed E-state index contributed by atoms with van der Waals surface area (Å²) in [5.41, 5.74) is 1.05. The minimum absolute atomic E-state index is 0.112. The van der Waals surface area contributed by atoms with Gasteiger partial charge in [0, 0.05) is 6.54 Å². The number of aliphatic carboxylic acids is 1. The lowest BCUT2D eigenvalue weighted by atomic mass is 10.1. The molecule has 104 valence electrons. The van der Waals surface area contributed by atoms with Gasteiger partial charge >= 0.3 is 5.97 Å². The Morgan fingerprint density at radius 2 is 2.16 bits per heavy atom. The zero-order valence-corrected chi connectivity index (χ0v) is 11.2. The molecule has 1 rings (SSSR count). The fourth-order valence-corrected chi connectivity index (χ4v) is 1.55. The molecular weight excluding hydrogens is 246 g/mol. The first-order valence-corrected chi connectivity index (χ1v) is 6.22. The summed E-state index contributed by atoms with van der Waals surface area (Å²) in [5.74, 6) is -1.15. The van der Waals surface area contributed by atoms with Gasteiger partial charge in [-0.05, 0) is 31.0 Å². The van der Waals surface area contributed by atoms with E-state index in [1.807, 2.05) is 25.1 Å². The number of nitrogens with one attached hydrogen (secondary N) is 1. The number of carboxylic acid groups (broad SMARTS) is 1. The van der Waals surface area contributed by atoms with Gasteiger partial charge in [-0.1, -0.05) is 19.1 Å². The molecule has 2 N–H and O–H groups in total. The third-order valence-corrected chi connectivity index (χ3v) is 2.75. The van der Waals surface area contributed by atoms with Crippen LogP contribution in [0.4, 0.5) is 0 Å². The van der Waals surface area contributed by atoms with E-state index >= 15 is 0 Å². The van der Waals surface area contributed by atoms with Crippen LogP contribution in [-0.2, 0) is 9.59 Å². The maximum atomic E-state index is 11.5. The molecule has 1 atom stereocenters. The molecular formula is C14H19NO4. The third kappa shape index (κ3) is 5.42. The second-order valence-corrected chi connectivity index (χ2v) is 4.35. The van der Waals surface area contributed by atoms with E-state index in [0.29, 0.717) is 12.2 Å². The van der Waals surface area contributed by atoms with Crippen molar-refractivity contribution >= 4 is 11.9 Å². The van der Waals surface area contributed by atoms with Gasteiger partial charge in [-0.3, -0.25) is 9.59 Å². The number of hydrogen-bond acceptors (Lipinski definition) is 3. The number of ether oxygens (including phenoxy) is 1. The van der Waals surface area contributed by atoms with Crippen LogP contribution in [0.3, 0.4) is 0 Å². The number of hydrogen-bond donors (Lipinski definition) is 2. The van der Waals surface area contributed by atoms with Crippen LogP contribution in [0, 0.1) is 12.8 Å². The molecule has 0 bridgehead atoms. The Balaban J connectivity index is 2.34. The highest BCUT2D eigenvalue weighted by Crippen LogP contribution is 2.11. The number of aryl methyl sites for hydroxylation is 1. The highest BCUT2D eigenvalue weighted by molar-refractivity contribution is 5.78. The van der Waals surface area contributed by atoms with Crippen LogP contribution in [0.5, 0.6) is 5.75 Å². The predicted octanol–water partition coefficient (Wildman–Crippen LogP) is 1.60. The summed E-state index contributed by atoms with van der Waals surface area (Å²) in [6.45, 7) is 3.72. The van der Waals surface area contributed by atoms with Crippen molar-refractivity contribution in [3.05, 3.63) is 29.8 Å². The first-order valence-electron chi connectivity index (χ1n) is 6.22. The van der Waals surface area contributed by atoms with Crippen molar-refractivity contribution in [1.82, 2.24) is 5.32 Å². The number of carboxylic acids is 1. The number of rotatable bonds is 7. The molecule has 0 radical (unpaired) electrons. The van der Waals surface area contributed by atoms with Crippen LogP contribution in [0.15, 0.2) is 24.3 Å². The molecule has 0 spiro atoms. The molecule has 0 saturated carbocycles. The fourth-order valence-electron chi connectivity index (χ4n) is 1.55. The minimum Gasteiger partial charge on any atom is -0.484 e. The van der Waals surface area contributed by atoms with Crippen LogP contribution in [0.1, 0.15) is 18.9 Å². The second-order valence-electron chi connectivity index (χ2n) is 4.35. The van der Waals surface area contributed by atoms with Gasteiger partial charge in [0.15, 0.2) is 6.61 Å². The van der Waals surface area contributed by atoms with Gasteiger partial charge in [-0.15, -0.1) is 0 Å². The summed E-state index contributed by atoms with van der Waals surface area (Å²) in [6.07, 6.45) is 0.481. The summed E-state index contributed by atoms with van der Waals surface area (Å²) < 4.78 is 5.32. The molecule has 1 aromatic rings. The van der Waals surface area contributed by atoms with Crippen LogP contribution < -0.4 is 10.1 Å². The second kappa shape index (κ2) is 7.41. The molecule has 0 heterocycles. The topological polar surface area (TPSA) is 75.6 Å². The van der Waals surface area contributed by atoms with Crippen LogP contribution in [0.25, 0.3) is 0 Å². The molecule has 0 aliphatic carbocycles. The number of carbonyl (C=O) groups is 2. The van der Waals surface area contributed by atoms with Gasteiger partial charge in [-0.25, -0.2) is 0 Å². The van der Waals surface area contributed by atoms with Crippen molar-refractivity contribution in [2.45, 2.75) is 20.3 Å². The Hall–Kier alpha value is -2.04. The summed E-state index contributed by atoms with van der Waals surface area (Å²) in [6, 6.07) is 7.39. The first-order chi connectivity index (χ1) is 9.02. The van der Waals surface area contributed by atoms with E-state index in [0.717, 1.165) is 5.56 Å². The van der Waals surface area contributed by atoms with Crippen molar-refractivity contribution in [3.8, 4) is 5.75 Å². The molecule has 5 nitrogen and oxygen atoms in total. The van der Waals surface area contributed by atoms with Crippen molar-refractivity contribution < 1.29 is 19.4 Å². The maximum absolute atomic E-state index is 11.5. The SMILES string of the molecule is CCC(CNC(=O)COc1cccc(C)c1)C(=O)O. The quantitative estimate of drug-likeness (QED) is 0.785. The number of carbonyl (C=O) groups excluding carboxylic acids is 1. The normalized spacial score (nSPS) is 11.7. The third-order valence-electron chi connectivity index (χ3n) is 2.75. The van der Waals surface area contributed by atoms with Gasteiger partial charge in [0.25, 0.3) is 5.91 Å². The highest BCUT2D eigenvalue weighted by Gasteiger charge is 2.15. The molecule has 1 aromatic carbocycles. The zero-order valence-electron chi connectivity index (χ0n) is 11.2. The lowest BCUT2D eigenvalue weighted by Crippen LogP contribution is -2.35. The van der Waals surface area contributed by atoms with Gasteiger partial charge in [-0.2, -0.15) is 0 Å². The van der Waals surface area contributed by atoms with E-state index in [1.54, 1.807) is 13.0 Å². The molecule has 19 heavy (non-hydrogen) atoms. The summed E-state index contributed by atoms with van der Waals surface area (Å²) in [4.78, 5) is 22.3. The van der Waals surface area contributed by atoms with Crippen molar-refractivity contribution in [2.75, 3.05) is 13.2 Å². The van der Waals surface area contributed by atoms with Crippen LogP contribution in [0.2, 0.25) is 0 Å². The van der Waals surface area contributed by atoms with Crippen molar-refractivity contribution in [3.63, 3.8) is 0 Å². The Labute approximate surface area is 112 Å². The van der Waals surface area contributed by atoms with Crippen molar-refractivity contribution in [2.24, 2.45) is 5.92 Å². The smallest absolute Gasteiger partial charge is 0.308 e. The standard InChI is InChI=1S/C14H19NO4/c1-3-11(14(17)18)8-15-13(16)9-19-12-6-4-5-10(2)7-12/h4-7,11H,3,8-9H2,1-2H3,(H,15,16)(H,17,18). The Kier molecular flexibility index (Phi) is 5.85. The highest BCUT2D eigenvalue weighted by atomic mass is 16.5. The molecule has 0 fully saturated rings. The van der Waals surface area contributed by atoms with Gasteiger partial charge in [0.05, 0.1) is 5.92 Å². The van der Waals surface area contributed by atoms with Gasteiger partial charge in [0.2, 0.25) is 0 Å². The monoisotopic (exact) mass is 265 g/mol. The molecule has 0 aliphatic rings. The van der Waals surface area contributed by atoms with Gasteiger partial charge in [0.1, 0.15) is 5.75 Å². The Morgan fingerprint density at radius 3 is 2.74 bits per heavy atom. The number of benzene rings is 1. The minimum atomic E-state index is -0.901. The maximum Gasteiger partial charge on any atom is 0.308 e. The summed E-state index contributed by atoms with van der Waals surface area (Å²) in [5, 5.41) is 11.4. The largest absolute Gasteiger partial charge is 0.484 e. The Morgan fingerprint density at radius 1 is 1.42 bits per heavy atom. The average molecular weight is 265 g/mol. The average Bonchev–Trinajstić information content (AvgIpc) is 2.37. The Bertz CT molecular complexity index is 445. The fraction of sp³-hybridized carbons (Fsp3) is 0.429. The first kappa shape index (κ1) is 15.0. The van der Waals surface area contributed by atoms with E-state index in [-0.39, 0.29) is 19.1 Å². The zero-order chi connectivity index (χ0) is 14.3. The van der Waals surface area contributed by atoms with E-state index in [9.17, 15) is 9.59 Å². The lowest BCUT2D eigenvalue weighted by Gasteiger charge is -2.11.